The third kappa shape index (κ3) is 3.22. The lowest BCUT2D eigenvalue weighted by Gasteiger charge is -2.19. The second-order valence-corrected chi connectivity index (χ2v) is 3.34. The van der Waals surface area contributed by atoms with Crippen LogP contribution in [0.15, 0.2) is 0 Å². The molecule has 0 aromatic carbocycles. The fourth-order valence-electron chi connectivity index (χ4n) is 1.44. The lowest BCUT2D eigenvalue weighted by Crippen LogP contribution is -2.34. The van der Waals surface area contributed by atoms with Crippen LogP contribution < -0.4 is 0 Å². The summed E-state index contributed by atoms with van der Waals surface area (Å²) >= 11 is 0. The Balaban J connectivity index is 2.37. The van der Waals surface area contributed by atoms with Crippen LogP contribution in [0.3, 0.4) is 0 Å². The molecule has 0 aromatic rings. The SMILES string of the molecule is CCOC(=O)N1CCCN(C)CC1. The number of carbonyl (C=O) groups is 1. The van der Waals surface area contributed by atoms with E-state index in [2.05, 4.69) is 11.9 Å². The van der Waals surface area contributed by atoms with E-state index in [1.54, 1.807) is 4.90 Å². The molecule has 1 amide bonds. The summed E-state index contributed by atoms with van der Waals surface area (Å²) in [4.78, 5) is 15.4. The molecular weight excluding hydrogens is 168 g/mol. The Bertz CT molecular complexity index is 173. The molecular formula is C9H18N2O2. The van der Waals surface area contributed by atoms with Crippen LogP contribution in [0.1, 0.15) is 13.3 Å². The van der Waals surface area contributed by atoms with Crippen LogP contribution in [0.25, 0.3) is 0 Å². The normalized spacial score (nSPS) is 19.7. The van der Waals surface area contributed by atoms with E-state index in [1.807, 2.05) is 6.92 Å². The summed E-state index contributed by atoms with van der Waals surface area (Å²) in [6.07, 6.45) is 0.868. The van der Waals surface area contributed by atoms with E-state index in [0.29, 0.717) is 6.61 Å². The number of rotatable bonds is 1. The third-order valence-electron chi connectivity index (χ3n) is 2.25. The van der Waals surface area contributed by atoms with E-state index in [4.69, 9.17) is 4.74 Å². The lowest BCUT2D eigenvalue weighted by atomic mass is 10.4. The fraction of sp³-hybridized carbons (Fsp3) is 0.889. The molecule has 0 radical (unpaired) electrons. The standard InChI is InChI=1S/C9H18N2O2/c1-3-13-9(12)11-6-4-5-10(2)7-8-11/h3-8H2,1-2H3. The van der Waals surface area contributed by atoms with E-state index >= 15 is 0 Å². The zero-order valence-corrected chi connectivity index (χ0v) is 8.45. The molecule has 0 spiro atoms. The number of likely N-dealkylation sites (N-methyl/N-ethyl adjacent to an activating group) is 1. The van der Waals surface area contributed by atoms with E-state index in [9.17, 15) is 4.79 Å². The molecule has 76 valence electrons. The van der Waals surface area contributed by atoms with Gasteiger partial charge in [-0.25, -0.2) is 4.79 Å². The number of amides is 1. The first-order valence-electron chi connectivity index (χ1n) is 4.84. The first kappa shape index (κ1) is 10.3. The molecule has 0 saturated carbocycles. The van der Waals surface area contributed by atoms with Crippen molar-refractivity contribution in [2.75, 3.05) is 39.8 Å². The molecule has 4 nitrogen and oxygen atoms in total. The van der Waals surface area contributed by atoms with Crippen molar-refractivity contribution >= 4 is 6.09 Å². The van der Waals surface area contributed by atoms with Crippen LogP contribution >= 0.6 is 0 Å². The topological polar surface area (TPSA) is 32.8 Å². The van der Waals surface area contributed by atoms with Gasteiger partial charge in [0.2, 0.25) is 0 Å². The van der Waals surface area contributed by atoms with Crippen molar-refractivity contribution in [1.82, 2.24) is 9.80 Å². The average molecular weight is 186 g/mol. The van der Waals surface area contributed by atoms with Crippen LogP contribution in [-0.4, -0.2) is 55.7 Å². The molecule has 1 aliphatic rings. The first-order chi connectivity index (χ1) is 6.24. The van der Waals surface area contributed by atoms with Gasteiger partial charge in [0.15, 0.2) is 0 Å². The van der Waals surface area contributed by atoms with E-state index < -0.39 is 0 Å². The number of hydrogen-bond donors (Lipinski definition) is 0. The fourth-order valence-corrected chi connectivity index (χ4v) is 1.44. The highest BCUT2D eigenvalue weighted by Crippen LogP contribution is 2.02. The number of ether oxygens (including phenoxy) is 1. The predicted octanol–water partition coefficient (Wildman–Crippen LogP) is 0.780. The summed E-state index contributed by atoms with van der Waals surface area (Å²) in [7, 11) is 2.08. The Kier molecular flexibility index (Phi) is 4.02. The molecule has 1 fully saturated rings. The number of hydrogen-bond acceptors (Lipinski definition) is 3. The van der Waals surface area contributed by atoms with Crippen LogP contribution in [0.2, 0.25) is 0 Å². The van der Waals surface area contributed by atoms with Crippen molar-refractivity contribution in [3.8, 4) is 0 Å². The van der Waals surface area contributed by atoms with Gasteiger partial charge in [0.25, 0.3) is 0 Å². The maximum Gasteiger partial charge on any atom is 0.409 e. The highest BCUT2D eigenvalue weighted by Gasteiger charge is 2.17. The van der Waals surface area contributed by atoms with Gasteiger partial charge in [0.05, 0.1) is 6.61 Å². The Morgan fingerprint density at radius 3 is 2.77 bits per heavy atom. The van der Waals surface area contributed by atoms with Crippen LogP contribution in [0, 0.1) is 0 Å². The van der Waals surface area contributed by atoms with Gasteiger partial charge in [-0.2, -0.15) is 0 Å². The molecule has 13 heavy (non-hydrogen) atoms. The molecule has 1 rings (SSSR count). The van der Waals surface area contributed by atoms with Crippen molar-refractivity contribution in [2.24, 2.45) is 0 Å². The van der Waals surface area contributed by atoms with Gasteiger partial charge in [-0.1, -0.05) is 0 Å². The highest BCUT2D eigenvalue weighted by molar-refractivity contribution is 5.67. The molecule has 0 aromatic heterocycles. The zero-order chi connectivity index (χ0) is 9.68. The molecule has 0 N–H and O–H groups in total. The highest BCUT2D eigenvalue weighted by atomic mass is 16.6. The molecule has 1 aliphatic heterocycles. The summed E-state index contributed by atoms with van der Waals surface area (Å²) < 4.78 is 4.94. The number of carbonyl (C=O) groups excluding carboxylic acids is 1. The van der Waals surface area contributed by atoms with Crippen molar-refractivity contribution in [3.05, 3.63) is 0 Å². The van der Waals surface area contributed by atoms with E-state index in [0.717, 1.165) is 32.6 Å². The maximum atomic E-state index is 11.3. The van der Waals surface area contributed by atoms with Crippen LogP contribution in [0.5, 0.6) is 0 Å². The largest absolute Gasteiger partial charge is 0.450 e. The maximum absolute atomic E-state index is 11.3. The summed E-state index contributed by atoms with van der Waals surface area (Å²) in [5, 5.41) is 0. The molecule has 0 atom stereocenters. The van der Waals surface area contributed by atoms with Gasteiger partial charge < -0.3 is 14.5 Å². The van der Waals surface area contributed by atoms with Crippen LogP contribution in [0.4, 0.5) is 4.79 Å². The Morgan fingerprint density at radius 2 is 2.08 bits per heavy atom. The quantitative estimate of drug-likeness (QED) is 0.606. The van der Waals surface area contributed by atoms with E-state index in [1.165, 1.54) is 0 Å². The van der Waals surface area contributed by atoms with Crippen molar-refractivity contribution in [2.45, 2.75) is 13.3 Å². The first-order valence-corrected chi connectivity index (χ1v) is 4.84. The second kappa shape index (κ2) is 5.07. The van der Waals surface area contributed by atoms with Crippen molar-refractivity contribution in [1.29, 1.82) is 0 Å². The Morgan fingerprint density at radius 1 is 1.31 bits per heavy atom. The number of nitrogens with zero attached hydrogens (tertiary/aromatic N) is 2. The molecule has 0 aliphatic carbocycles. The van der Waals surface area contributed by atoms with Gasteiger partial charge in [-0.15, -0.1) is 0 Å². The van der Waals surface area contributed by atoms with Crippen molar-refractivity contribution in [3.63, 3.8) is 0 Å². The molecule has 1 heterocycles. The molecule has 4 heteroatoms. The minimum absolute atomic E-state index is 0.169. The predicted molar refractivity (Wildman–Crippen MR) is 50.7 cm³/mol. The Labute approximate surface area is 79.4 Å². The van der Waals surface area contributed by atoms with Gasteiger partial charge in [0, 0.05) is 19.6 Å². The minimum Gasteiger partial charge on any atom is -0.450 e. The summed E-state index contributed by atoms with van der Waals surface area (Å²) in [6.45, 7) is 5.92. The molecule has 0 bridgehead atoms. The molecule has 0 unspecified atom stereocenters. The zero-order valence-electron chi connectivity index (χ0n) is 8.45. The van der Waals surface area contributed by atoms with Crippen LogP contribution in [-0.2, 0) is 4.74 Å². The summed E-state index contributed by atoms with van der Waals surface area (Å²) in [6, 6.07) is 0. The summed E-state index contributed by atoms with van der Waals surface area (Å²) in [5.41, 5.74) is 0. The Hall–Kier alpha value is -0.770. The average Bonchev–Trinajstić information content (AvgIpc) is 2.30. The van der Waals surface area contributed by atoms with E-state index in [-0.39, 0.29) is 6.09 Å². The van der Waals surface area contributed by atoms with Gasteiger partial charge >= 0.3 is 6.09 Å². The molecule has 1 saturated heterocycles. The van der Waals surface area contributed by atoms with Crippen molar-refractivity contribution < 1.29 is 9.53 Å². The minimum atomic E-state index is -0.169. The second-order valence-electron chi connectivity index (χ2n) is 3.34. The lowest BCUT2D eigenvalue weighted by molar-refractivity contribution is 0.109. The van der Waals surface area contributed by atoms with Gasteiger partial charge in [-0.05, 0) is 26.9 Å². The smallest absolute Gasteiger partial charge is 0.409 e. The van der Waals surface area contributed by atoms with Gasteiger partial charge in [0.1, 0.15) is 0 Å². The van der Waals surface area contributed by atoms with Gasteiger partial charge in [-0.3, -0.25) is 0 Å². The third-order valence-corrected chi connectivity index (χ3v) is 2.25. The summed E-state index contributed by atoms with van der Waals surface area (Å²) in [5.74, 6) is 0. The monoisotopic (exact) mass is 186 g/mol.